The Labute approximate surface area is 93.9 Å². The van der Waals surface area contributed by atoms with E-state index in [2.05, 4.69) is 11.9 Å². The molecule has 1 aliphatic rings. The minimum Gasteiger partial charge on any atom is -0.454 e. The second-order valence-corrected chi connectivity index (χ2v) is 3.43. The van der Waals surface area contributed by atoms with Gasteiger partial charge in [0.25, 0.3) is 0 Å². The van der Waals surface area contributed by atoms with Gasteiger partial charge in [0.05, 0.1) is 0 Å². The largest absolute Gasteiger partial charge is 0.454 e. The first-order chi connectivity index (χ1) is 7.79. The van der Waals surface area contributed by atoms with Gasteiger partial charge in [-0.15, -0.1) is 0 Å². The van der Waals surface area contributed by atoms with Crippen molar-refractivity contribution in [2.75, 3.05) is 13.3 Å². The van der Waals surface area contributed by atoms with Gasteiger partial charge in [-0.2, -0.15) is 0 Å². The molecule has 84 valence electrons. The summed E-state index contributed by atoms with van der Waals surface area (Å²) in [7, 11) is 0. The van der Waals surface area contributed by atoms with E-state index in [4.69, 9.17) is 9.47 Å². The number of hydrogen-bond acceptors (Lipinski definition) is 3. The lowest BCUT2D eigenvalue weighted by atomic mass is 10.1. The molecule has 1 aromatic rings. The van der Waals surface area contributed by atoms with Crippen molar-refractivity contribution in [1.82, 2.24) is 5.32 Å². The molecule has 0 spiro atoms. The number of benzene rings is 1. The second-order valence-electron chi connectivity index (χ2n) is 3.43. The molecule has 0 aliphatic carbocycles. The quantitative estimate of drug-likeness (QED) is 0.775. The van der Waals surface area contributed by atoms with Crippen LogP contribution in [0.4, 0.5) is 0 Å². The number of amides is 1. The zero-order chi connectivity index (χ0) is 11.4. The highest BCUT2D eigenvalue weighted by Crippen LogP contribution is 2.32. The molecule has 1 aromatic carbocycles. The summed E-state index contributed by atoms with van der Waals surface area (Å²) < 4.78 is 10.5. The van der Waals surface area contributed by atoms with Gasteiger partial charge in [-0.1, -0.05) is 12.6 Å². The van der Waals surface area contributed by atoms with Crippen LogP contribution in [0, 0.1) is 0 Å². The van der Waals surface area contributed by atoms with Crippen LogP contribution in [0.2, 0.25) is 0 Å². The Morgan fingerprint density at radius 3 is 3.06 bits per heavy atom. The van der Waals surface area contributed by atoms with Crippen molar-refractivity contribution in [3.05, 3.63) is 36.4 Å². The van der Waals surface area contributed by atoms with Gasteiger partial charge in [0.15, 0.2) is 11.5 Å². The van der Waals surface area contributed by atoms with Crippen LogP contribution < -0.4 is 14.8 Å². The number of carbonyl (C=O) groups is 1. The van der Waals surface area contributed by atoms with E-state index >= 15 is 0 Å². The summed E-state index contributed by atoms with van der Waals surface area (Å²) in [6.07, 6.45) is 2.02. The molecule has 16 heavy (non-hydrogen) atoms. The van der Waals surface area contributed by atoms with Crippen LogP contribution >= 0.6 is 0 Å². The van der Waals surface area contributed by atoms with Gasteiger partial charge >= 0.3 is 0 Å². The van der Waals surface area contributed by atoms with Crippen LogP contribution in [0.1, 0.15) is 5.56 Å². The predicted octanol–water partition coefficient (Wildman–Crippen LogP) is 1.26. The number of carbonyl (C=O) groups excluding carboxylic acids is 1. The Kier molecular flexibility index (Phi) is 3.10. The van der Waals surface area contributed by atoms with E-state index in [9.17, 15) is 4.79 Å². The van der Waals surface area contributed by atoms with Crippen molar-refractivity contribution in [3.8, 4) is 11.5 Å². The van der Waals surface area contributed by atoms with Crippen LogP contribution in [-0.2, 0) is 11.2 Å². The topological polar surface area (TPSA) is 47.6 Å². The van der Waals surface area contributed by atoms with Crippen LogP contribution in [0.15, 0.2) is 30.9 Å². The smallest absolute Gasteiger partial charge is 0.243 e. The molecule has 4 nitrogen and oxygen atoms in total. The number of ether oxygens (including phenoxy) is 2. The van der Waals surface area contributed by atoms with Gasteiger partial charge < -0.3 is 14.8 Å². The van der Waals surface area contributed by atoms with Crippen molar-refractivity contribution >= 4 is 5.91 Å². The Morgan fingerprint density at radius 2 is 2.25 bits per heavy atom. The molecule has 0 unspecified atom stereocenters. The molecule has 0 saturated heterocycles. The average Bonchev–Trinajstić information content (AvgIpc) is 2.76. The third-order valence-corrected chi connectivity index (χ3v) is 2.34. The predicted molar refractivity (Wildman–Crippen MR) is 59.5 cm³/mol. The van der Waals surface area contributed by atoms with Crippen LogP contribution in [0.3, 0.4) is 0 Å². The van der Waals surface area contributed by atoms with Gasteiger partial charge in [-0.05, 0) is 30.2 Å². The molecule has 1 aliphatic heterocycles. The summed E-state index contributed by atoms with van der Waals surface area (Å²) in [6.45, 7) is 4.26. The van der Waals surface area contributed by atoms with E-state index in [0.29, 0.717) is 6.54 Å². The lowest BCUT2D eigenvalue weighted by molar-refractivity contribution is -0.116. The fourth-order valence-corrected chi connectivity index (χ4v) is 1.50. The van der Waals surface area contributed by atoms with Gasteiger partial charge in [0.2, 0.25) is 12.7 Å². The normalized spacial score (nSPS) is 12.2. The number of hydrogen-bond donors (Lipinski definition) is 1. The zero-order valence-electron chi connectivity index (χ0n) is 8.86. The monoisotopic (exact) mass is 219 g/mol. The summed E-state index contributed by atoms with van der Waals surface area (Å²) in [5, 5.41) is 2.72. The van der Waals surface area contributed by atoms with E-state index in [-0.39, 0.29) is 12.7 Å². The summed E-state index contributed by atoms with van der Waals surface area (Å²) in [5.41, 5.74) is 1.11. The summed E-state index contributed by atoms with van der Waals surface area (Å²) in [4.78, 5) is 10.9. The summed E-state index contributed by atoms with van der Waals surface area (Å²) in [5.74, 6) is 1.40. The highest BCUT2D eigenvalue weighted by molar-refractivity contribution is 5.86. The fraction of sp³-hybridized carbons (Fsp3) is 0.250. The highest BCUT2D eigenvalue weighted by Gasteiger charge is 2.12. The van der Waals surface area contributed by atoms with Crippen molar-refractivity contribution < 1.29 is 14.3 Å². The third kappa shape index (κ3) is 2.34. The first kappa shape index (κ1) is 10.5. The Morgan fingerprint density at radius 1 is 1.44 bits per heavy atom. The van der Waals surface area contributed by atoms with Crippen LogP contribution in [0.25, 0.3) is 0 Å². The van der Waals surface area contributed by atoms with E-state index in [0.717, 1.165) is 23.5 Å². The molecule has 0 radical (unpaired) electrons. The molecule has 1 N–H and O–H groups in total. The molecule has 1 amide bonds. The molecule has 1 heterocycles. The first-order valence-corrected chi connectivity index (χ1v) is 5.08. The molecule has 0 aromatic heterocycles. The van der Waals surface area contributed by atoms with Crippen molar-refractivity contribution in [2.45, 2.75) is 6.42 Å². The minimum atomic E-state index is -0.152. The van der Waals surface area contributed by atoms with Crippen molar-refractivity contribution in [2.24, 2.45) is 0 Å². The molecule has 4 heteroatoms. The second kappa shape index (κ2) is 4.70. The third-order valence-electron chi connectivity index (χ3n) is 2.34. The van der Waals surface area contributed by atoms with E-state index < -0.39 is 0 Å². The summed E-state index contributed by atoms with van der Waals surface area (Å²) in [6, 6.07) is 5.78. The molecule has 0 saturated carbocycles. The summed E-state index contributed by atoms with van der Waals surface area (Å²) >= 11 is 0. The van der Waals surface area contributed by atoms with Crippen LogP contribution in [0.5, 0.6) is 11.5 Å². The molecular weight excluding hydrogens is 206 g/mol. The number of fused-ring (bicyclic) bond motifs is 1. The lowest BCUT2D eigenvalue weighted by Gasteiger charge is -2.03. The Hall–Kier alpha value is -1.97. The maximum Gasteiger partial charge on any atom is 0.243 e. The lowest BCUT2D eigenvalue weighted by Crippen LogP contribution is -2.23. The molecule has 0 fully saturated rings. The van der Waals surface area contributed by atoms with E-state index in [1.165, 1.54) is 6.08 Å². The highest BCUT2D eigenvalue weighted by atomic mass is 16.7. The standard InChI is InChI=1S/C12H13NO3/c1-2-12(14)13-6-5-9-3-4-10-11(7-9)16-8-15-10/h2-4,7H,1,5-6,8H2,(H,13,14). The van der Waals surface area contributed by atoms with E-state index in [1.807, 2.05) is 18.2 Å². The van der Waals surface area contributed by atoms with Crippen molar-refractivity contribution in [3.63, 3.8) is 0 Å². The first-order valence-electron chi connectivity index (χ1n) is 5.08. The zero-order valence-corrected chi connectivity index (χ0v) is 8.86. The molecular formula is C12H13NO3. The molecule has 0 bridgehead atoms. The average molecular weight is 219 g/mol. The van der Waals surface area contributed by atoms with Gasteiger partial charge in [-0.3, -0.25) is 4.79 Å². The Balaban J connectivity index is 1.90. The molecule has 0 atom stereocenters. The van der Waals surface area contributed by atoms with Gasteiger partial charge in [0.1, 0.15) is 0 Å². The Bertz CT molecular complexity index is 415. The fourth-order valence-electron chi connectivity index (χ4n) is 1.50. The number of rotatable bonds is 4. The van der Waals surface area contributed by atoms with E-state index in [1.54, 1.807) is 0 Å². The van der Waals surface area contributed by atoms with Gasteiger partial charge in [0, 0.05) is 6.54 Å². The SMILES string of the molecule is C=CC(=O)NCCc1ccc2c(c1)OCO2. The maximum absolute atomic E-state index is 10.9. The van der Waals surface area contributed by atoms with Crippen molar-refractivity contribution in [1.29, 1.82) is 0 Å². The van der Waals surface area contributed by atoms with Crippen LogP contribution in [-0.4, -0.2) is 19.2 Å². The van der Waals surface area contributed by atoms with Gasteiger partial charge in [-0.25, -0.2) is 0 Å². The minimum absolute atomic E-state index is 0.152. The molecule has 2 rings (SSSR count). The number of nitrogens with one attached hydrogen (secondary N) is 1. The maximum atomic E-state index is 10.9.